The molecule has 0 spiro atoms. The number of thiophene rings is 1. The fraction of sp³-hybridized carbons (Fsp3) is 0.600. The number of imide groups is 1. The molecule has 0 aliphatic carbocycles. The molecule has 1 fully saturated rings. The molecule has 0 aromatic carbocycles. The Hall–Kier alpha value is -1.70. The highest BCUT2D eigenvalue weighted by atomic mass is 32.1. The molecule has 0 radical (unpaired) electrons. The third kappa shape index (κ3) is 4.25. The fourth-order valence-electron chi connectivity index (χ4n) is 3.77. The molecule has 0 saturated carbocycles. The van der Waals surface area contributed by atoms with Crippen molar-refractivity contribution >= 4 is 28.7 Å². The zero-order chi connectivity index (χ0) is 19.4. The Morgan fingerprint density at radius 2 is 2.00 bits per heavy atom. The van der Waals surface area contributed by atoms with Crippen LogP contribution in [0.25, 0.3) is 5.57 Å². The van der Waals surface area contributed by atoms with Crippen molar-refractivity contribution in [3.63, 3.8) is 0 Å². The second kappa shape index (κ2) is 8.99. The number of carbonyl (C=O) groups is 2. The van der Waals surface area contributed by atoms with E-state index in [1.165, 1.54) is 16.2 Å². The SMILES string of the molecule is CCOCCCN1C(=O)C(c2cccs2)=C(N(C)C2CCN(C)CC2)C1=O. The van der Waals surface area contributed by atoms with Crippen molar-refractivity contribution in [3.05, 3.63) is 28.1 Å². The van der Waals surface area contributed by atoms with Gasteiger partial charge in [0.25, 0.3) is 11.8 Å². The Kier molecular flexibility index (Phi) is 6.68. The van der Waals surface area contributed by atoms with Crippen molar-refractivity contribution in [1.29, 1.82) is 0 Å². The zero-order valence-electron chi connectivity index (χ0n) is 16.4. The summed E-state index contributed by atoms with van der Waals surface area (Å²) >= 11 is 1.51. The van der Waals surface area contributed by atoms with Gasteiger partial charge in [-0.3, -0.25) is 14.5 Å². The third-order valence-electron chi connectivity index (χ3n) is 5.37. The first-order chi connectivity index (χ1) is 13.0. The number of rotatable bonds is 8. The first-order valence-electron chi connectivity index (χ1n) is 9.68. The maximum absolute atomic E-state index is 13.2. The second-order valence-electron chi connectivity index (χ2n) is 7.16. The van der Waals surface area contributed by atoms with Crippen molar-refractivity contribution in [1.82, 2.24) is 14.7 Å². The number of ether oxygens (including phenoxy) is 1. The van der Waals surface area contributed by atoms with Crippen LogP contribution < -0.4 is 0 Å². The summed E-state index contributed by atoms with van der Waals surface area (Å²) in [7, 11) is 4.09. The lowest BCUT2D eigenvalue weighted by molar-refractivity contribution is -0.137. The molecule has 1 saturated heterocycles. The number of carbonyl (C=O) groups excluding carboxylic acids is 2. The van der Waals surface area contributed by atoms with Gasteiger partial charge in [-0.1, -0.05) is 6.07 Å². The van der Waals surface area contributed by atoms with Gasteiger partial charge in [0.05, 0.1) is 5.57 Å². The highest BCUT2D eigenvalue weighted by Gasteiger charge is 2.42. The Morgan fingerprint density at radius 3 is 2.63 bits per heavy atom. The van der Waals surface area contributed by atoms with E-state index in [0.717, 1.165) is 30.8 Å². The smallest absolute Gasteiger partial charge is 0.277 e. The Balaban J connectivity index is 1.84. The van der Waals surface area contributed by atoms with Crippen molar-refractivity contribution in [2.75, 3.05) is 46.9 Å². The monoisotopic (exact) mass is 391 g/mol. The van der Waals surface area contributed by atoms with E-state index < -0.39 is 0 Å². The largest absolute Gasteiger partial charge is 0.382 e. The molecule has 7 heteroatoms. The summed E-state index contributed by atoms with van der Waals surface area (Å²) < 4.78 is 5.37. The number of hydrogen-bond acceptors (Lipinski definition) is 6. The normalized spacial score (nSPS) is 19.4. The van der Waals surface area contributed by atoms with Crippen LogP contribution in [0.5, 0.6) is 0 Å². The van der Waals surface area contributed by atoms with Crippen LogP contribution in [0.15, 0.2) is 23.2 Å². The summed E-state index contributed by atoms with van der Waals surface area (Å²) in [4.78, 5) is 32.9. The molecule has 0 N–H and O–H groups in total. The van der Waals surface area contributed by atoms with Crippen LogP contribution in [0.4, 0.5) is 0 Å². The van der Waals surface area contributed by atoms with Gasteiger partial charge in [-0.25, -0.2) is 0 Å². The molecule has 3 heterocycles. The summed E-state index contributed by atoms with van der Waals surface area (Å²) in [5.74, 6) is -0.338. The Labute approximate surface area is 165 Å². The minimum atomic E-state index is -0.172. The van der Waals surface area contributed by atoms with Crippen molar-refractivity contribution in [2.24, 2.45) is 0 Å². The lowest BCUT2D eigenvalue weighted by atomic mass is 10.0. The van der Waals surface area contributed by atoms with E-state index in [0.29, 0.717) is 37.4 Å². The molecular formula is C20H29N3O3S. The molecule has 27 heavy (non-hydrogen) atoms. The zero-order valence-corrected chi connectivity index (χ0v) is 17.3. The van der Waals surface area contributed by atoms with Gasteiger partial charge in [-0.15, -0.1) is 11.3 Å². The lowest BCUT2D eigenvalue weighted by Crippen LogP contribution is -2.43. The maximum atomic E-state index is 13.2. The number of piperidine rings is 1. The van der Waals surface area contributed by atoms with Crippen LogP contribution in [-0.2, 0) is 14.3 Å². The molecule has 6 nitrogen and oxygen atoms in total. The van der Waals surface area contributed by atoms with Gasteiger partial charge in [0.15, 0.2) is 0 Å². The first kappa shape index (κ1) is 20.0. The molecule has 148 valence electrons. The van der Waals surface area contributed by atoms with Crippen LogP contribution >= 0.6 is 11.3 Å². The van der Waals surface area contributed by atoms with Gasteiger partial charge in [-0.05, 0) is 57.8 Å². The van der Waals surface area contributed by atoms with Gasteiger partial charge in [-0.2, -0.15) is 0 Å². The fourth-order valence-corrected chi connectivity index (χ4v) is 4.53. The second-order valence-corrected chi connectivity index (χ2v) is 8.11. The number of amides is 2. The van der Waals surface area contributed by atoms with Crippen LogP contribution in [0, 0.1) is 0 Å². The summed E-state index contributed by atoms with van der Waals surface area (Å²) in [5.41, 5.74) is 1.13. The maximum Gasteiger partial charge on any atom is 0.277 e. The Bertz CT molecular complexity index is 693. The predicted molar refractivity (Wildman–Crippen MR) is 107 cm³/mol. The predicted octanol–water partition coefficient (Wildman–Crippen LogP) is 2.28. The quantitative estimate of drug-likeness (QED) is 0.503. The molecular weight excluding hydrogens is 362 g/mol. The molecule has 3 rings (SSSR count). The molecule has 1 aromatic heterocycles. The van der Waals surface area contributed by atoms with Crippen LogP contribution in [0.1, 0.15) is 31.1 Å². The van der Waals surface area contributed by atoms with Gasteiger partial charge in [0.1, 0.15) is 5.70 Å². The van der Waals surface area contributed by atoms with E-state index >= 15 is 0 Å². The van der Waals surface area contributed by atoms with Gasteiger partial charge in [0.2, 0.25) is 0 Å². The van der Waals surface area contributed by atoms with Crippen LogP contribution in [-0.4, -0.2) is 79.5 Å². The Morgan fingerprint density at radius 1 is 1.26 bits per heavy atom. The summed E-state index contributed by atoms with van der Waals surface area (Å²) in [5, 5.41) is 1.95. The molecule has 0 bridgehead atoms. The van der Waals surface area contributed by atoms with E-state index in [1.807, 2.05) is 31.5 Å². The van der Waals surface area contributed by atoms with E-state index in [4.69, 9.17) is 4.74 Å². The van der Waals surface area contributed by atoms with Crippen molar-refractivity contribution in [3.8, 4) is 0 Å². The number of nitrogens with zero attached hydrogens (tertiary/aromatic N) is 3. The van der Waals surface area contributed by atoms with E-state index in [-0.39, 0.29) is 17.9 Å². The van der Waals surface area contributed by atoms with Gasteiger partial charge in [0, 0.05) is 37.7 Å². The highest BCUT2D eigenvalue weighted by Crippen LogP contribution is 2.35. The minimum absolute atomic E-state index is 0.165. The minimum Gasteiger partial charge on any atom is -0.382 e. The van der Waals surface area contributed by atoms with Crippen LogP contribution in [0.2, 0.25) is 0 Å². The standard InChI is InChI=1S/C20H29N3O3S/c1-4-26-13-6-10-23-19(24)17(16-7-5-14-27-16)18(20(23)25)22(3)15-8-11-21(2)12-9-15/h5,7,14-15H,4,6,8-13H2,1-3H3. The molecule has 2 aliphatic rings. The first-order valence-corrected chi connectivity index (χ1v) is 10.6. The van der Waals surface area contributed by atoms with E-state index in [9.17, 15) is 9.59 Å². The molecule has 0 unspecified atom stereocenters. The van der Waals surface area contributed by atoms with Gasteiger partial charge >= 0.3 is 0 Å². The number of likely N-dealkylation sites (tertiary alicyclic amines) is 1. The van der Waals surface area contributed by atoms with Crippen molar-refractivity contribution < 1.29 is 14.3 Å². The van der Waals surface area contributed by atoms with Gasteiger partial charge < -0.3 is 14.5 Å². The molecule has 2 amide bonds. The topological polar surface area (TPSA) is 53.1 Å². The summed E-state index contributed by atoms with van der Waals surface area (Å²) in [6, 6.07) is 4.14. The third-order valence-corrected chi connectivity index (χ3v) is 6.26. The highest BCUT2D eigenvalue weighted by molar-refractivity contribution is 7.11. The number of likely N-dealkylation sites (N-methyl/N-ethyl adjacent to an activating group) is 1. The van der Waals surface area contributed by atoms with E-state index in [1.54, 1.807) is 0 Å². The molecule has 2 aliphatic heterocycles. The van der Waals surface area contributed by atoms with Crippen molar-refractivity contribution in [2.45, 2.75) is 32.2 Å². The molecule has 0 atom stereocenters. The summed E-state index contributed by atoms with van der Waals surface area (Å²) in [6.07, 6.45) is 2.66. The molecule has 1 aromatic rings. The van der Waals surface area contributed by atoms with Crippen LogP contribution in [0.3, 0.4) is 0 Å². The van der Waals surface area contributed by atoms with E-state index in [2.05, 4.69) is 16.8 Å². The summed E-state index contributed by atoms with van der Waals surface area (Å²) in [6.45, 7) is 5.56. The average Bonchev–Trinajstić information content (AvgIpc) is 3.26. The lowest BCUT2D eigenvalue weighted by Gasteiger charge is -2.36. The number of hydrogen-bond donors (Lipinski definition) is 0. The average molecular weight is 392 g/mol.